The Kier molecular flexibility index (Phi) is 8.45. The van der Waals surface area contributed by atoms with Crippen LogP contribution in [0.3, 0.4) is 0 Å². The van der Waals surface area contributed by atoms with Gasteiger partial charge in [-0.3, -0.25) is 0 Å². The molecule has 2 aromatic rings. The monoisotopic (exact) mass is 388 g/mol. The van der Waals surface area contributed by atoms with Crippen molar-refractivity contribution in [1.82, 2.24) is 0 Å². The molecule has 150 valence electrons. The maximum Gasteiger partial charge on any atom is 0.124 e. The molecule has 0 radical (unpaired) electrons. The van der Waals surface area contributed by atoms with Crippen LogP contribution in [0.25, 0.3) is 0 Å². The zero-order valence-corrected chi connectivity index (χ0v) is 15.9. The molecule has 28 heavy (non-hydrogen) atoms. The number of phenols is 2. The van der Waals surface area contributed by atoms with Crippen LogP contribution in [0.15, 0.2) is 46.7 Å². The number of methoxy groups -OCH3 is 2. The highest BCUT2D eigenvalue weighted by Gasteiger charge is 2.01. The van der Waals surface area contributed by atoms with Crippen LogP contribution in [0.1, 0.15) is 24.0 Å². The van der Waals surface area contributed by atoms with Crippen molar-refractivity contribution in [3.63, 3.8) is 0 Å². The number of phenolic OH excluding ortho intramolecular Hbond substituents is 2. The van der Waals surface area contributed by atoms with Crippen LogP contribution in [-0.2, 0) is 9.68 Å². The Bertz CT molecular complexity index is 740. The van der Waals surface area contributed by atoms with Gasteiger partial charge in [-0.05, 0) is 49.2 Å². The van der Waals surface area contributed by atoms with E-state index in [0.29, 0.717) is 35.8 Å². The lowest BCUT2D eigenvalue weighted by atomic mass is 10.2. The average Bonchev–Trinajstić information content (AvgIpc) is 2.71. The SMILES string of the molecule is COc1ccc(O)c(/C=N/OCCCCO/N=C/c2cc(OC)ccc2O)c1. The summed E-state index contributed by atoms with van der Waals surface area (Å²) < 4.78 is 10.2. The summed E-state index contributed by atoms with van der Waals surface area (Å²) in [6.07, 6.45) is 4.31. The number of hydrogen-bond acceptors (Lipinski definition) is 8. The molecule has 0 atom stereocenters. The first kappa shape index (κ1) is 20.9. The van der Waals surface area contributed by atoms with Crippen molar-refractivity contribution in [3.05, 3.63) is 47.5 Å². The van der Waals surface area contributed by atoms with Crippen molar-refractivity contribution < 1.29 is 29.4 Å². The predicted octanol–water partition coefficient (Wildman–Crippen LogP) is 3.30. The Morgan fingerprint density at radius 1 is 0.750 bits per heavy atom. The third kappa shape index (κ3) is 6.71. The second-order valence-corrected chi connectivity index (χ2v) is 5.69. The molecule has 0 saturated heterocycles. The number of hydrogen-bond donors (Lipinski definition) is 2. The number of nitrogens with zero attached hydrogens (tertiary/aromatic N) is 2. The van der Waals surface area contributed by atoms with Gasteiger partial charge in [0.05, 0.1) is 26.6 Å². The molecular weight excluding hydrogens is 364 g/mol. The number of ether oxygens (including phenoxy) is 2. The minimum Gasteiger partial charge on any atom is -0.507 e. The van der Waals surface area contributed by atoms with Gasteiger partial charge in [-0.15, -0.1) is 0 Å². The fourth-order valence-corrected chi connectivity index (χ4v) is 2.15. The Labute approximate surface area is 163 Å². The first-order chi connectivity index (χ1) is 13.6. The standard InChI is InChI=1S/C20H24N2O6/c1-25-17-5-7-19(23)15(11-17)13-21-27-9-3-4-10-28-22-14-16-12-18(26-2)6-8-20(16)24/h5-8,11-14,23-24H,3-4,9-10H2,1-2H3/b21-13+,22-14+. The molecule has 0 fully saturated rings. The summed E-state index contributed by atoms with van der Waals surface area (Å²) >= 11 is 0. The molecule has 8 nitrogen and oxygen atoms in total. The summed E-state index contributed by atoms with van der Waals surface area (Å²) in [5.74, 6) is 1.45. The molecule has 0 unspecified atom stereocenters. The summed E-state index contributed by atoms with van der Waals surface area (Å²) in [5, 5.41) is 27.1. The van der Waals surface area contributed by atoms with Crippen molar-refractivity contribution in [3.8, 4) is 23.0 Å². The van der Waals surface area contributed by atoms with Crippen molar-refractivity contribution in [2.24, 2.45) is 10.3 Å². The Hall–Kier alpha value is -3.42. The van der Waals surface area contributed by atoms with Gasteiger partial charge in [0.15, 0.2) is 0 Å². The fourth-order valence-electron chi connectivity index (χ4n) is 2.15. The lowest BCUT2D eigenvalue weighted by molar-refractivity contribution is 0.112. The Balaban J connectivity index is 1.62. The van der Waals surface area contributed by atoms with Crippen LogP contribution in [-0.4, -0.2) is 50.1 Å². The van der Waals surface area contributed by atoms with Crippen molar-refractivity contribution in [2.75, 3.05) is 27.4 Å². The number of rotatable bonds is 11. The summed E-state index contributed by atoms with van der Waals surface area (Å²) in [6, 6.07) is 9.70. The van der Waals surface area contributed by atoms with Crippen LogP contribution >= 0.6 is 0 Å². The second kappa shape index (κ2) is 11.3. The van der Waals surface area contributed by atoms with Gasteiger partial charge in [-0.25, -0.2) is 0 Å². The third-order valence-corrected chi connectivity index (χ3v) is 3.72. The molecule has 0 saturated carbocycles. The first-order valence-electron chi connectivity index (χ1n) is 8.68. The van der Waals surface area contributed by atoms with Crippen LogP contribution in [0.2, 0.25) is 0 Å². The first-order valence-corrected chi connectivity index (χ1v) is 8.68. The largest absolute Gasteiger partial charge is 0.507 e. The molecule has 0 aliphatic rings. The molecule has 0 aliphatic carbocycles. The van der Waals surface area contributed by atoms with E-state index in [1.165, 1.54) is 24.6 Å². The Morgan fingerprint density at radius 2 is 1.18 bits per heavy atom. The molecule has 0 heterocycles. The van der Waals surface area contributed by atoms with Crippen LogP contribution in [0.4, 0.5) is 0 Å². The zero-order chi connectivity index (χ0) is 20.2. The highest BCUT2D eigenvalue weighted by atomic mass is 16.6. The van der Waals surface area contributed by atoms with Gasteiger partial charge in [-0.2, -0.15) is 0 Å². The second-order valence-electron chi connectivity index (χ2n) is 5.69. The lowest BCUT2D eigenvalue weighted by Gasteiger charge is -2.03. The summed E-state index contributed by atoms with van der Waals surface area (Å²) in [4.78, 5) is 10.3. The van der Waals surface area contributed by atoms with E-state index in [-0.39, 0.29) is 11.5 Å². The number of unbranched alkanes of at least 4 members (excludes halogenated alkanes) is 1. The molecule has 0 spiro atoms. The smallest absolute Gasteiger partial charge is 0.124 e. The highest BCUT2D eigenvalue weighted by Crippen LogP contribution is 2.22. The number of oxime groups is 2. The van der Waals surface area contributed by atoms with E-state index < -0.39 is 0 Å². The van der Waals surface area contributed by atoms with E-state index >= 15 is 0 Å². The van der Waals surface area contributed by atoms with Crippen molar-refractivity contribution in [1.29, 1.82) is 0 Å². The molecule has 0 bridgehead atoms. The predicted molar refractivity (Wildman–Crippen MR) is 106 cm³/mol. The maximum absolute atomic E-state index is 9.73. The van der Waals surface area contributed by atoms with Gasteiger partial charge in [0.25, 0.3) is 0 Å². The summed E-state index contributed by atoms with van der Waals surface area (Å²) in [7, 11) is 3.10. The van der Waals surface area contributed by atoms with Crippen LogP contribution in [0, 0.1) is 0 Å². The quantitative estimate of drug-likeness (QED) is 0.348. The van der Waals surface area contributed by atoms with Gasteiger partial charge >= 0.3 is 0 Å². The van der Waals surface area contributed by atoms with E-state index in [1.54, 1.807) is 38.5 Å². The zero-order valence-electron chi connectivity index (χ0n) is 15.9. The van der Waals surface area contributed by atoms with Gasteiger partial charge in [0, 0.05) is 11.1 Å². The van der Waals surface area contributed by atoms with E-state index in [2.05, 4.69) is 10.3 Å². The average molecular weight is 388 g/mol. The highest BCUT2D eigenvalue weighted by molar-refractivity contribution is 5.84. The lowest BCUT2D eigenvalue weighted by Crippen LogP contribution is -1.95. The van der Waals surface area contributed by atoms with E-state index in [9.17, 15) is 10.2 Å². The number of benzene rings is 2. The topological polar surface area (TPSA) is 102 Å². The third-order valence-electron chi connectivity index (χ3n) is 3.72. The van der Waals surface area contributed by atoms with Gasteiger partial charge in [0.1, 0.15) is 36.2 Å². The molecular formula is C20H24N2O6. The fraction of sp³-hybridized carbons (Fsp3) is 0.300. The van der Waals surface area contributed by atoms with Gasteiger partial charge in [0.2, 0.25) is 0 Å². The Morgan fingerprint density at radius 3 is 1.57 bits per heavy atom. The summed E-state index contributed by atoms with van der Waals surface area (Å²) in [5.41, 5.74) is 1.02. The molecule has 0 amide bonds. The molecule has 0 aromatic heterocycles. The van der Waals surface area contributed by atoms with Crippen LogP contribution < -0.4 is 9.47 Å². The minimum atomic E-state index is 0.0986. The van der Waals surface area contributed by atoms with Crippen molar-refractivity contribution in [2.45, 2.75) is 12.8 Å². The maximum atomic E-state index is 9.73. The van der Waals surface area contributed by atoms with Gasteiger partial charge in [-0.1, -0.05) is 10.3 Å². The molecule has 2 N–H and O–H groups in total. The van der Waals surface area contributed by atoms with Gasteiger partial charge < -0.3 is 29.4 Å². The molecule has 2 aromatic carbocycles. The molecule has 2 rings (SSSR count). The normalized spacial score (nSPS) is 11.1. The molecule has 8 heteroatoms. The summed E-state index contributed by atoms with van der Waals surface area (Å²) in [6.45, 7) is 0.815. The van der Waals surface area contributed by atoms with E-state index in [0.717, 1.165) is 12.8 Å². The molecule has 0 aliphatic heterocycles. The number of aromatic hydroxyl groups is 2. The van der Waals surface area contributed by atoms with Crippen LogP contribution in [0.5, 0.6) is 23.0 Å². The minimum absolute atomic E-state index is 0.0986. The van der Waals surface area contributed by atoms with E-state index in [4.69, 9.17) is 19.1 Å². The van der Waals surface area contributed by atoms with Crippen molar-refractivity contribution >= 4 is 12.4 Å². The van der Waals surface area contributed by atoms with E-state index in [1.807, 2.05) is 0 Å².